The standard InChI is InChI=1S/C15H19N4O5/c1-5-23-10(20)6-7-18-13(21)11-12(17(4)15(18)22)16-14-19(11)8(2)9(3)24-14/h11H,5-7H2,1-4H3/q+1. The number of ether oxygens (including phenoxy) is 1. The minimum Gasteiger partial charge on any atom is -0.466 e. The van der Waals surface area contributed by atoms with Crippen LogP contribution in [0, 0.1) is 13.8 Å². The Morgan fingerprint density at radius 3 is 2.75 bits per heavy atom. The molecule has 0 radical (unpaired) electrons. The minimum absolute atomic E-state index is 0.0314. The number of rotatable bonds is 4. The Morgan fingerprint density at radius 2 is 2.08 bits per heavy atom. The molecule has 3 heterocycles. The third kappa shape index (κ3) is 2.27. The van der Waals surface area contributed by atoms with Crippen LogP contribution in [-0.2, 0) is 14.3 Å². The molecule has 0 aromatic carbocycles. The average Bonchev–Trinajstić information content (AvgIpc) is 3.03. The Kier molecular flexibility index (Phi) is 3.86. The summed E-state index contributed by atoms with van der Waals surface area (Å²) in [4.78, 5) is 43.5. The number of amides is 3. The molecule has 1 aromatic heterocycles. The van der Waals surface area contributed by atoms with Gasteiger partial charge in [-0.05, 0) is 13.8 Å². The molecule has 1 aromatic rings. The van der Waals surface area contributed by atoms with Crippen molar-refractivity contribution in [2.45, 2.75) is 33.2 Å². The Bertz CT molecular complexity index is 766. The fourth-order valence-corrected chi connectivity index (χ4v) is 2.87. The number of imide groups is 1. The number of urea groups is 1. The average molecular weight is 335 g/mol. The normalized spacial score (nSPS) is 19.3. The molecule has 1 fully saturated rings. The molecule has 24 heavy (non-hydrogen) atoms. The van der Waals surface area contributed by atoms with Crippen molar-refractivity contribution < 1.29 is 28.1 Å². The van der Waals surface area contributed by atoms with E-state index in [2.05, 4.69) is 4.99 Å². The number of nitrogens with zero attached hydrogens (tertiary/aromatic N) is 4. The van der Waals surface area contributed by atoms with Crippen LogP contribution in [0.1, 0.15) is 30.8 Å². The lowest BCUT2D eigenvalue weighted by Gasteiger charge is -2.31. The third-order valence-corrected chi connectivity index (χ3v) is 4.24. The van der Waals surface area contributed by atoms with Crippen LogP contribution in [0.15, 0.2) is 9.41 Å². The number of hydrogen-bond acceptors (Lipinski definition) is 6. The van der Waals surface area contributed by atoms with Gasteiger partial charge in [0, 0.05) is 25.5 Å². The van der Waals surface area contributed by atoms with Crippen molar-refractivity contribution >= 4 is 29.8 Å². The van der Waals surface area contributed by atoms with E-state index in [1.807, 2.05) is 6.92 Å². The molecule has 2 aliphatic rings. The van der Waals surface area contributed by atoms with Gasteiger partial charge in [0.15, 0.2) is 5.76 Å². The van der Waals surface area contributed by atoms with Gasteiger partial charge in [0.05, 0.1) is 13.0 Å². The minimum atomic E-state index is -0.748. The van der Waals surface area contributed by atoms with Gasteiger partial charge in [0.1, 0.15) is 5.69 Å². The number of aryl methyl sites for hydroxylation is 1. The maximum absolute atomic E-state index is 12.8. The fourth-order valence-electron chi connectivity index (χ4n) is 2.87. The zero-order chi connectivity index (χ0) is 17.6. The van der Waals surface area contributed by atoms with Crippen LogP contribution < -0.4 is 4.57 Å². The summed E-state index contributed by atoms with van der Waals surface area (Å²) in [6, 6.07) is -0.966. The molecule has 1 saturated heterocycles. The second-order valence-electron chi connectivity index (χ2n) is 5.66. The van der Waals surface area contributed by atoms with Gasteiger partial charge in [0.2, 0.25) is 0 Å². The summed E-state index contributed by atoms with van der Waals surface area (Å²) in [5, 5.41) is 0. The number of aromatic nitrogens is 1. The largest absolute Gasteiger partial charge is 0.507 e. The number of likely N-dealkylation sites (N-methyl/N-ethyl adjacent to an activating group) is 1. The van der Waals surface area contributed by atoms with Gasteiger partial charge in [-0.25, -0.2) is 4.79 Å². The van der Waals surface area contributed by atoms with Crippen molar-refractivity contribution in [2.24, 2.45) is 4.99 Å². The molecule has 9 nitrogen and oxygen atoms in total. The van der Waals surface area contributed by atoms with Crippen LogP contribution in [0.25, 0.3) is 0 Å². The number of aliphatic imine (C=N–C) groups is 1. The maximum atomic E-state index is 12.8. The van der Waals surface area contributed by atoms with Crippen molar-refractivity contribution in [3.63, 3.8) is 0 Å². The summed E-state index contributed by atoms with van der Waals surface area (Å²) < 4.78 is 12.1. The van der Waals surface area contributed by atoms with Crippen molar-refractivity contribution in [1.82, 2.24) is 9.80 Å². The molecule has 1 atom stereocenters. The molecule has 0 spiro atoms. The second kappa shape index (κ2) is 5.73. The molecule has 0 saturated carbocycles. The van der Waals surface area contributed by atoms with Crippen LogP contribution in [0.2, 0.25) is 0 Å². The van der Waals surface area contributed by atoms with Gasteiger partial charge in [0.25, 0.3) is 17.8 Å². The van der Waals surface area contributed by atoms with Crippen LogP contribution in [0.3, 0.4) is 0 Å². The van der Waals surface area contributed by atoms with E-state index < -0.39 is 23.9 Å². The molecular formula is C15H19N4O5+. The quantitative estimate of drug-likeness (QED) is 0.593. The molecule has 0 N–H and O–H groups in total. The maximum Gasteiger partial charge on any atom is 0.507 e. The second-order valence-corrected chi connectivity index (χ2v) is 5.66. The highest BCUT2D eigenvalue weighted by Crippen LogP contribution is 2.30. The zero-order valence-corrected chi connectivity index (χ0v) is 14.0. The summed E-state index contributed by atoms with van der Waals surface area (Å²) in [6.45, 7) is 5.54. The number of carbonyl (C=O) groups is 3. The zero-order valence-electron chi connectivity index (χ0n) is 14.0. The van der Waals surface area contributed by atoms with Crippen LogP contribution in [0.5, 0.6) is 0 Å². The Labute approximate surface area is 138 Å². The van der Waals surface area contributed by atoms with Gasteiger partial charge < -0.3 is 9.15 Å². The van der Waals surface area contributed by atoms with E-state index in [0.717, 1.165) is 10.6 Å². The molecule has 3 rings (SSSR count). The lowest BCUT2D eigenvalue weighted by molar-refractivity contribution is -0.685. The lowest BCUT2D eigenvalue weighted by atomic mass is 10.1. The number of fused-ring (bicyclic) bond motifs is 3. The molecular weight excluding hydrogens is 316 g/mol. The summed E-state index contributed by atoms with van der Waals surface area (Å²) in [6.07, 6.45) is -0.0424. The smallest absolute Gasteiger partial charge is 0.466 e. The van der Waals surface area contributed by atoms with Crippen molar-refractivity contribution in [3.8, 4) is 0 Å². The summed E-state index contributed by atoms with van der Waals surface area (Å²) >= 11 is 0. The molecule has 2 aliphatic heterocycles. The molecule has 0 bridgehead atoms. The summed E-state index contributed by atoms with van der Waals surface area (Å²) in [5.74, 6) is 0.126. The van der Waals surface area contributed by atoms with Gasteiger partial charge in [-0.15, -0.1) is 0 Å². The topological polar surface area (TPSA) is 96.3 Å². The van der Waals surface area contributed by atoms with E-state index in [9.17, 15) is 14.4 Å². The van der Waals surface area contributed by atoms with Gasteiger partial charge in [-0.3, -0.25) is 19.4 Å². The van der Waals surface area contributed by atoms with Crippen molar-refractivity contribution in [2.75, 3.05) is 20.2 Å². The first-order valence-corrected chi connectivity index (χ1v) is 7.71. The highest BCUT2D eigenvalue weighted by molar-refractivity contribution is 6.19. The van der Waals surface area contributed by atoms with Crippen LogP contribution >= 0.6 is 0 Å². The van der Waals surface area contributed by atoms with E-state index in [0.29, 0.717) is 17.6 Å². The lowest BCUT2D eigenvalue weighted by Crippen LogP contribution is -2.63. The van der Waals surface area contributed by atoms with E-state index in [1.165, 1.54) is 4.90 Å². The third-order valence-electron chi connectivity index (χ3n) is 4.24. The van der Waals surface area contributed by atoms with Gasteiger partial charge >= 0.3 is 18.0 Å². The number of hydrogen-bond donors (Lipinski definition) is 0. The summed E-state index contributed by atoms with van der Waals surface area (Å²) in [7, 11) is 1.55. The van der Waals surface area contributed by atoms with Crippen molar-refractivity contribution in [3.05, 3.63) is 11.5 Å². The predicted molar refractivity (Wildman–Crippen MR) is 80.6 cm³/mol. The monoisotopic (exact) mass is 335 g/mol. The molecule has 1 unspecified atom stereocenters. The van der Waals surface area contributed by atoms with Gasteiger partial charge in [-0.2, -0.15) is 4.57 Å². The Hall–Kier alpha value is -2.71. The SMILES string of the molecule is CCOC(=O)CCN1C(=O)C2C(=Nc3oc(C)c(C)[n+]32)N(C)C1=O. The Morgan fingerprint density at radius 1 is 1.38 bits per heavy atom. The number of amidine groups is 1. The number of carbonyl (C=O) groups excluding carboxylic acids is 3. The van der Waals surface area contributed by atoms with E-state index in [-0.39, 0.29) is 19.6 Å². The fraction of sp³-hybridized carbons (Fsp3) is 0.533. The first-order valence-electron chi connectivity index (χ1n) is 7.71. The molecule has 128 valence electrons. The highest BCUT2D eigenvalue weighted by Gasteiger charge is 2.55. The summed E-state index contributed by atoms with van der Waals surface area (Å²) in [5.41, 5.74) is 0.773. The Balaban J connectivity index is 1.89. The first-order chi connectivity index (χ1) is 11.4. The predicted octanol–water partition coefficient (Wildman–Crippen LogP) is 0.616. The van der Waals surface area contributed by atoms with E-state index in [4.69, 9.17) is 9.15 Å². The molecule has 9 heteroatoms. The van der Waals surface area contributed by atoms with E-state index in [1.54, 1.807) is 25.5 Å². The van der Waals surface area contributed by atoms with Gasteiger partial charge in [-0.1, -0.05) is 0 Å². The molecule has 0 aliphatic carbocycles. The highest BCUT2D eigenvalue weighted by atomic mass is 16.5. The molecule has 3 amide bonds. The van der Waals surface area contributed by atoms with Crippen LogP contribution in [0.4, 0.5) is 10.8 Å². The first kappa shape index (κ1) is 16.2. The number of esters is 1. The van der Waals surface area contributed by atoms with Crippen molar-refractivity contribution in [1.29, 1.82) is 0 Å². The number of oxazole rings is 1. The van der Waals surface area contributed by atoms with Crippen LogP contribution in [-0.4, -0.2) is 53.7 Å². The van der Waals surface area contributed by atoms with E-state index >= 15 is 0 Å².